The van der Waals surface area contributed by atoms with E-state index in [-0.39, 0.29) is 41.4 Å². The van der Waals surface area contributed by atoms with Gasteiger partial charge in [-0.2, -0.15) is 0 Å². The standard InChI is InChI=1S/C15H16O5/c16-10-3-1-2-9(4-10)5-11(17)6-13-14(19)7-12(18)8-15(13)20/h1-4,7-8,11,16-20H,5-6H2/t11-/m0/s1. The van der Waals surface area contributed by atoms with Crippen LogP contribution in [0.25, 0.3) is 0 Å². The first-order valence-electron chi connectivity index (χ1n) is 6.15. The van der Waals surface area contributed by atoms with Gasteiger partial charge in [-0.25, -0.2) is 0 Å². The van der Waals surface area contributed by atoms with E-state index in [1.165, 1.54) is 6.07 Å². The Hall–Kier alpha value is -2.40. The molecule has 0 aromatic heterocycles. The number of aliphatic hydroxyl groups is 1. The van der Waals surface area contributed by atoms with Crippen molar-refractivity contribution in [2.24, 2.45) is 0 Å². The summed E-state index contributed by atoms with van der Waals surface area (Å²) in [6.07, 6.45) is -0.528. The summed E-state index contributed by atoms with van der Waals surface area (Å²) in [5, 5.41) is 47.9. The van der Waals surface area contributed by atoms with Crippen molar-refractivity contribution in [2.45, 2.75) is 18.9 Å². The molecule has 0 fully saturated rings. The summed E-state index contributed by atoms with van der Waals surface area (Å²) in [5.41, 5.74) is 0.922. The second-order valence-electron chi connectivity index (χ2n) is 4.69. The Labute approximate surface area is 116 Å². The Kier molecular flexibility index (Phi) is 4.00. The predicted octanol–water partition coefficient (Wildman–Crippen LogP) is 1.66. The van der Waals surface area contributed by atoms with E-state index in [2.05, 4.69) is 0 Å². The van der Waals surface area contributed by atoms with Gasteiger partial charge in [-0.3, -0.25) is 0 Å². The molecule has 0 unspecified atom stereocenters. The molecule has 106 valence electrons. The second-order valence-corrected chi connectivity index (χ2v) is 4.69. The zero-order chi connectivity index (χ0) is 14.7. The summed E-state index contributed by atoms with van der Waals surface area (Å²) in [5.74, 6) is -0.661. The maximum atomic E-state index is 10.00. The topological polar surface area (TPSA) is 101 Å². The highest BCUT2D eigenvalue weighted by molar-refractivity contribution is 5.49. The summed E-state index contributed by atoms with van der Waals surface area (Å²) in [6, 6.07) is 8.73. The van der Waals surface area contributed by atoms with E-state index < -0.39 is 6.10 Å². The number of aromatic hydroxyl groups is 4. The molecular formula is C15H16O5. The van der Waals surface area contributed by atoms with E-state index in [9.17, 15) is 25.5 Å². The maximum Gasteiger partial charge on any atom is 0.126 e. The van der Waals surface area contributed by atoms with Gasteiger partial charge < -0.3 is 25.5 Å². The molecule has 0 radical (unpaired) electrons. The van der Waals surface area contributed by atoms with Crippen LogP contribution < -0.4 is 0 Å². The van der Waals surface area contributed by atoms with Crippen LogP contribution in [0, 0.1) is 0 Å². The Balaban J connectivity index is 2.10. The lowest BCUT2D eigenvalue weighted by molar-refractivity contribution is 0.173. The number of benzene rings is 2. The van der Waals surface area contributed by atoms with E-state index in [1.54, 1.807) is 18.2 Å². The average Bonchev–Trinajstić information content (AvgIpc) is 2.33. The van der Waals surface area contributed by atoms with Crippen LogP contribution >= 0.6 is 0 Å². The first-order chi connectivity index (χ1) is 9.45. The third-order valence-electron chi connectivity index (χ3n) is 3.01. The second kappa shape index (κ2) is 5.71. The third kappa shape index (κ3) is 3.33. The predicted molar refractivity (Wildman–Crippen MR) is 73.0 cm³/mol. The molecule has 1 atom stereocenters. The van der Waals surface area contributed by atoms with Crippen molar-refractivity contribution in [2.75, 3.05) is 0 Å². The van der Waals surface area contributed by atoms with E-state index in [4.69, 9.17) is 0 Å². The van der Waals surface area contributed by atoms with Crippen LogP contribution in [0.2, 0.25) is 0 Å². The maximum absolute atomic E-state index is 10.00. The van der Waals surface area contributed by atoms with Gasteiger partial charge in [0.2, 0.25) is 0 Å². The molecule has 5 nitrogen and oxygen atoms in total. The highest BCUT2D eigenvalue weighted by Gasteiger charge is 2.15. The minimum Gasteiger partial charge on any atom is -0.508 e. The summed E-state index contributed by atoms with van der Waals surface area (Å²) < 4.78 is 0. The molecule has 0 bridgehead atoms. The molecule has 0 heterocycles. The van der Waals surface area contributed by atoms with E-state index in [0.29, 0.717) is 0 Å². The molecule has 5 N–H and O–H groups in total. The molecule has 0 amide bonds. The highest BCUT2D eigenvalue weighted by Crippen LogP contribution is 2.33. The fraction of sp³-hybridized carbons (Fsp3) is 0.200. The van der Waals surface area contributed by atoms with Gasteiger partial charge >= 0.3 is 0 Å². The van der Waals surface area contributed by atoms with Gasteiger partial charge in [-0.15, -0.1) is 0 Å². The van der Waals surface area contributed by atoms with Crippen LogP contribution in [0.4, 0.5) is 0 Å². The molecule has 0 saturated carbocycles. The lowest BCUT2D eigenvalue weighted by atomic mass is 9.99. The SMILES string of the molecule is Oc1cccc(C[C@H](O)Cc2c(O)cc(O)cc2O)c1. The molecule has 0 aliphatic rings. The minimum absolute atomic E-state index is 0.0353. The van der Waals surface area contributed by atoms with Gasteiger partial charge in [0.25, 0.3) is 0 Å². The molecule has 5 heteroatoms. The minimum atomic E-state index is -0.835. The van der Waals surface area contributed by atoms with E-state index in [0.717, 1.165) is 17.7 Å². The van der Waals surface area contributed by atoms with Crippen molar-refractivity contribution >= 4 is 0 Å². The van der Waals surface area contributed by atoms with Crippen LogP contribution in [-0.2, 0) is 12.8 Å². The normalized spacial score (nSPS) is 12.2. The van der Waals surface area contributed by atoms with Crippen LogP contribution in [-0.4, -0.2) is 31.6 Å². The molecule has 0 saturated heterocycles. The zero-order valence-corrected chi connectivity index (χ0v) is 10.7. The van der Waals surface area contributed by atoms with Crippen LogP contribution in [0.3, 0.4) is 0 Å². The van der Waals surface area contributed by atoms with Crippen LogP contribution in [0.15, 0.2) is 36.4 Å². The first kappa shape index (κ1) is 14.0. The Morgan fingerprint density at radius 1 is 0.800 bits per heavy atom. The van der Waals surface area contributed by atoms with Crippen molar-refractivity contribution in [3.05, 3.63) is 47.5 Å². The molecule has 0 spiro atoms. The van der Waals surface area contributed by atoms with Crippen molar-refractivity contribution in [3.63, 3.8) is 0 Å². The lowest BCUT2D eigenvalue weighted by Crippen LogP contribution is -2.14. The third-order valence-corrected chi connectivity index (χ3v) is 3.01. The van der Waals surface area contributed by atoms with Gasteiger partial charge in [-0.05, 0) is 24.1 Å². The van der Waals surface area contributed by atoms with E-state index in [1.807, 2.05) is 0 Å². The molecule has 2 rings (SSSR count). The molecule has 0 aliphatic heterocycles. The Bertz CT molecular complexity index is 586. The summed E-state index contributed by atoms with van der Waals surface area (Å²) in [4.78, 5) is 0. The van der Waals surface area contributed by atoms with Gasteiger partial charge in [0.05, 0.1) is 6.10 Å². The Morgan fingerprint density at radius 3 is 2.05 bits per heavy atom. The largest absolute Gasteiger partial charge is 0.508 e. The smallest absolute Gasteiger partial charge is 0.126 e. The van der Waals surface area contributed by atoms with Crippen molar-refractivity contribution in [1.29, 1.82) is 0 Å². The van der Waals surface area contributed by atoms with Gasteiger partial charge in [0.15, 0.2) is 0 Å². The fourth-order valence-corrected chi connectivity index (χ4v) is 2.10. The van der Waals surface area contributed by atoms with Gasteiger partial charge in [0.1, 0.15) is 23.0 Å². The van der Waals surface area contributed by atoms with Crippen molar-refractivity contribution in [3.8, 4) is 23.0 Å². The first-order valence-corrected chi connectivity index (χ1v) is 6.15. The number of hydrogen-bond acceptors (Lipinski definition) is 5. The molecule has 2 aromatic rings. The summed E-state index contributed by atoms with van der Waals surface area (Å²) >= 11 is 0. The Morgan fingerprint density at radius 2 is 1.45 bits per heavy atom. The quantitative estimate of drug-likeness (QED) is 0.584. The number of phenolic OH excluding ortho intramolecular Hbond substituents is 4. The zero-order valence-electron chi connectivity index (χ0n) is 10.7. The number of aliphatic hydroxyl groups excluding tert-OH is 1. The number of hydrogen-bond donors (Lipinski definition) is 5. The average molecular weight is 276 g/mol. The summed E-state index contributed by atoms with van der Waals surface area (Å²) in [6.45, 7) is 0. The van der Waals surface area contributed by atoms with Gasteiger partial charge in [0, 0.05) is 24.1 Å². The summed E-state index contributed by atoms with van der Waals surface area (Å²) in [7, 11) is 0. The molecular weight excluding hydrogens is 260 g/mol. The number of phenols is 4. The van der Waals surface area contributed by atoms with Crippen LogP contribution in [0.1, 0.15) is 11.1 Å². The van der Waals surface area contributed by atoms with Crippen molar-refractivity contribution in [1.82, 2.24) is 0 Å². The molecule has 20 heavy (non-hydrogen) atoms. The van der Waals surface area contributed by atoms with Gasteiger partial charge in [-0.1, -0.05) is 12.1 Å². The highest BCUT2D eigenvalue weighted by atomic mass is 16.3. The fourth-order valence-electron chi connectivity index (χ4n) is 2.10. The van der Waals surface area contributed by atoms with Crippen LogP contribution in [0.5, 0.6) is 23.0 Å². The monoisotopic (exact) mass is 276 g/mol. The van der Waals surface area contributed by atoms with Crippen molar-refractivity contribution < 1.29 is 25.5 Å². The molecule has 0 aliphatic carbocycles. The lowest BCUT2D eigenvalue weighted by Gasteiger charge is -2.13. The van der Waals surface area contributed by atoms with E-state index >= 15 is 0 Å². The molecule has 2 aromatic carbocycles. The number of rotatable bonds is 4.